The average molecular weight is 374 g/mol. The smallest absolute Gasteiger partial charge is 0.0935 e. The third kappa shape index (κ3) is 3.43. The van der Waals surface area contributed by atoms with Crippen molar-refractivity contribution in [3.05, 3.63) is 51.1 Å². The van der Waals surface area contributed by atoms with E-state index in [1.54, 1.807) is 12.5 Å². The van der Waals surface area contributed by atoms with E-state index in [1.807, 2.05) is 18.3 Å². The van der Waals surface area contributed by atoms with E-state index < -0.39 is 0 Å². The van der Waals surface area contributed by atoms with E-state index in [0.29, 0.717) is 0 Å². The minimum atomic E-state index is 0.176. The standard InChI is InChI=1S/C13H14Br2N2O/c1-2-16-12(5-9-3-4-18-8-9)13-11(15)6-10(14)7-17-13/h3-4,6-8,12,16H,2,5H2,1H3. The van der Waals surface area contributed by atoms with E-state index >= 15 is 0 Å². The Balaban J connectivity index is 2.23. The topological polar surface area (TPSA) is 38.1 Å². The van der Waals surface area contributed by atoms with Crippen LogP contribution in [-0.4, -0.2) is 11.5 Å². The summed E-state index contributed by atoms with van der Waals surface area (Å²) in [6.45, 7) is 2.99. The van der Waals surface area contributed by atoms with Crippen LogP contribution in [0.1, 0.15) is 24.2 Å². The molecule has 18 heavy (non-hydrogen) atoms. The summed E-state index contributed by atoms with van der Waals surface area (Å²) in [5.74, 6) is 0. The number of pyridine rings is 1. The maximum absolute atomic E-state index is 5.11. The van der Waals surface area contributed by atoms with Gasteiger partial charge in [-0.25, -0.2) is 0 Å². The van der Waals surface area contributed by atoms with E-state index in [-0.39, 0.29) is 6.04 Å². The first-order valence-corrected chi connectivity index (χ1v) is 7.34. The van der Waals surface area contributed by atoms with Crippen molar-refractivity contribution in [2.45, 2.75) is 19.4 Å². The third-order valence-corrected chi connectivity index (χ3v) is 3.71. The van der Waals surface area contributed by atoms with Crippen molar-refractivity contribution in [2.24, 2.45) is 0 Å². The Morgan fingerprint density at radius 2 is 2.28 bits per heavy atom. The molecule has 0 aliphatic carbocycles. The number of aromatic nitrogens is 1. The summed E-state index contributed by atoms with van der Waals surface area (Å²) in [5, 5.41) is 3.45. The fourth-order valence-corrected chi connectivity index (χ4v) is 3.10. The van der Waals surface area contributed by atoms with Gasteiger partial charge < -0.3 is 9.73 Å². The van der Waals surface area contributed by atoms with Crippen LogP contribution in [0.5, 0.6) is 0 Å². The molecule has 2 aromatic rings. The number of nitrogens with zero attached hydrogens (tertiary/aromatic N) is 1. The quantitative estimate of drug-likeness (QED) is 0.857. The number of nitrogens with one attached hydrogen (secondary N) is 1. The molecule has 1 N–H and O–H groups in total. The summed E-state index contributed by atoms with van der Waals surface area (Å²) in [7, 11) is 0. The van der Waals surface area contributed by atoms with Gasteiger partial charge in [0.2, 0.25) is 0 Å². The van der Waals surface area contributed by atoms with E-state index in [9.17, 15) is 0 Å². The van der Waals surface area contributed by atoms with E-state index in [0.717, 1.165) is 33.2 Å². The molecule has 96 valence electrons. The molecule has 3 nitrogen and oxygen atoms in total. The first-order chi connectivity index (χ1) is 8.70. The zero-order valence-corrected chi connectivity index (χ0v) is 13.2. The lowest BCUT2D eigenvalue weighted by atomic mass is 10.1. The Kier molecular flexibility index (Phi) is 4.97. The van der Waals surface area contributed by atoms with Gasteiger partial charge in [0.1, 0.15) is 0 Å². The Hall–Kier alpha value is -0.650. The number of hydrogen-bond donors (Lipinski definition) is 1. The van der Waals surface area contributed by atoms with E-state index in [2.05, 4.69) is 49.1 Å². The number of likely N-dealkylation sites (N-methyl/N-ethyl adjacent to an activating group) is 1. The van der Waals surface area contributed by atoms with Crippen molar-refractivity contribution in [1.29, 1.82) is 0 Å². The summed E-state index contributed by atoms with van der Waals surface area (Å²) in [4.78, 5) is 4.49. The van der Waals surface area contributed by atoms with Crippen molar-refractivity contribution in [3.63, 3.8) is 0 Å². The highest BCUT2D eigenvalue weighted by Crippen LogP contribution is 2.26. The molecular formula is C13H14Br2N2O. The molecule has 2 rings (SSSR count). The Morgan fingerprint density at radius 1 is 1.44 bits per heavy atom. The molecule has 0 aliphatic heterocycles. The molecule has 0 spiro atoms. The van der Waals surface area contributed by atoms with Crippen molar-refractivity contribution in [1.82, 2.24) is 10.3 Å². The number of halogens is 2. The first-order valence-electron chi connectivity index (χ1n) is 5.76. The molecule has 0 radical (unpaired) electrons. The van der Waals surface area contributed by atoms with Crippen LogP contribution in [-0.2, 0) is 6.42 Å². The largest absolute Gasteiger partial charge is 0.472 e. The summed E-state index contributed by atoms with van der Waals surface area (Å²) in [6, 6.07) is 4.18. The zero-order chi connectivity index (χ0) is 13.0. The molecule has 0 aromatic carbocycles. The molecule has 0 bridgehead atoms. The molecule has 0 saturated heterocycles. The number of rotatable bonds is 5. The van der Waals surface area contributed by atoms with Gasteiger partial charge in [0.15, 0.2) is 0 Å². The van der Waals surface area contributed by atoms with Crippen LogP contribution in [0, 0.1) is 0 Å². The molecule has 1 atom stereocenters. The fourth-order valence-electron chi connectivity index (χ4n) is 1.84. The van der Waals surface area contributed by atoms with Crippen molar-refractivity contribution < 1.29 is 4.42 Å². The van der Waals surface area contributed by atoms with Crippen LogP contribution in [0.4, 0.5) is 0 Å². The minimum absolute atomic E-state index is 0.176. The lowest BCUT2D eigenvalue weighted by Gasteiger charge is -2.18. The van der Waals surface area contributed by atoms with Gasteiger partial charge in [-0.15, -0.1) is 0 Å². The Bertz CT molecular complexity index is 500. The van der Waals surface area contributed by atoms with E-state index in [4.69, 9.17) is 4.42 Å². The molecule has 0 fully saturated rings. The van der Waals surface area contributed by atoms with Crippen LogP contribution in [0.25, 0.3) is 0 Å². The SMILES string of the molecule is CCNC(Cc1ccoc1)c1ncc(Br)cc1Br. The molecule has 2 heterocycles. The molecule has 0 amide bonds. The van der Waals surface area contributed by atoms with Crippen molar-refractivity contribution in [2.75, 3.05) is 6.54 Å². The summed E-state index contributed by atoms with van der Waals surface area (Å²) < 4.78 is 7.09. The van der Waals surface area contributed by atoms with Crippen LogP contribution in [0.3, 0.4) is 0 Å². The molecule has 0 saturated carbocycles. The average Bonchev–Trinajstić information content (AvgIpc) is 2.81. The lowest BCUT2D eigenvalue weighted by Crippen LogP contribution is -2.24. The molecule has 2 aromatic heterocycles. The van der Waals surface area contributed by atoms with Crippen LogP contribution >= 0.6 is 31.9 Å². The summed E-state index contributed by atoms with van der Waals surface area (Å²) in [5.41, 5.74) is 2.18. The predicted molar refractivity (Wildman–Crippen MR) is 78.5 cm³/mol. The molecular weight excluding hydrogens is 360 g/mol. The van der Waals surface area contributed by atoms with Gasteiger partial charge in [0.05, 0.1) is 24.3 Å². The normalized spacial score (nSPS) is 12.6. The van der Waals surface area contributed by atoms with E-state index in [1.165, 1.54) is 0 Å². The highest BCUT2D eigenvalue weighted by molar-refractivity contribution is 9.11. The number of furan rings is 1. The van der Waals surface area contributed by atoms with Crippen molar-refractivity contribution >= 4 is 31.9 Å². The van der Waals surface area contributed by atoms with Crippen molar-refractivity contribution in [3.8, 4) is 0 Å². The first kappa shape index (κ1) is 13.8. The number of hydrogen-bond acceptors (Lipinski definition) is 3. The second-order valence-corrected chi connectivity index (χ2v) is 5.74. The second-order valence-electron chi connectivity index (χ2n) is 3.97. The third-order valence-electron chi connectivity index (χ3n) is 2.64. The van der Waals surface area contributed by atoms with Gasteiger partial charge in [-0.3, -0.25) is 4.98 Å². The van der Waals surface area contributed by atoms with Crippen LogP contribution in [0.15, 0.2) is 44.2 Å². The highest BCUT2D eigenvalue weighted by Gasteiger charge is 2.16. The van der Waals surface area contributed by atoms with Gasteiger partial charge >= 0.3 is 0 Å². The Labute approximate surface area is 123 Å². The van der Waals surface area contributed by atoms with Crippen LogP contribution < -0.4 is 5.32 Å². The van der Waals surface area contributed by atoms with Crippen LogP contribution in [0.2, 0.25) is 0 Å². The maximum atomic E-state index is 5.11. The summed E-state index contributed by atoms with van der Waals surface area (Å²) in [6.07, 6.45) is 6.15. The van der Waals surface area contributed by atoms with Gasteiger partial charge in [0.25, 0.3) is 0 Å². The predicted octanol–water partition coefficient (Wildman–Crippen LogP) is 4.09. The maximum Gasteiger partial charge on any atom is 0.0935 e. The fraction of sp³-hybridized carbons (Fsp3) is 0.308. The molecule has 5 heteroatoms. The lowest BCUT2D eigenvalue weighted by molar-refractivity contribution is 0.524. The van der Waals surface area contributed by atoms with Gasteiger partial charge in [-0.2, -0.15) is 0 Å². The Morgan fingerprint density at radius 3 is 2.89 bits per heavy atom. The van der Waals surface area contributed by atoms with Gasteiger partial charge in [-0.1, -0.05) is 6.92 Å². The monoisotopic (exact) mass is 372 g/mol. The molecule has 1 unspecified atom stereocenters. The minimum Gasteiger partial charge on any atom is -0.472 e. The zero-order valence-electron chi connectivity index (χ0n) is 9.99. The van der Waals surface area contributed by atoms with Gasteiger partial charge in [0, 0.05) is 15.1 Å². The molecule has 0 aliphatic rings. The summed E-state index contributed by atoms with van der Waals surface area (Å²) >= 11 is 6.98. The highest BCUT2D eigenvalue weighted by atomic mass is 79.9. The van der Waals surface area contributed by atoms with Gasteiger partial charge in [-0.05, 0) is 62.5 Å². The second kappa shape index (κ2) is 6.50.